The Morgan fingerprint density at radius 1 is 1.47 bits per heavy atom. The third kappa shape index (κ3) is 7.14. The highest BCUT2D eigenvalue weighted by Crippen LogP contribution is 2.34. The van der Waals surface area contributed by atoms with Crippen molar-refractivity contribution < 1.29 is 10.2 Å². The fraction of sp³-hybridized carbons (Fsp3) is 0.778. The quantitative estimate of drug-likeness (QED) is 0.714. The predicted molar refractivity (Wildman–Crippen MR) is 70.1 cm³/mol. The zero-order valence-corrected chi connectivity index (χ0v) is 11.1. The summed E-state index contributed by atoms with van der Waals surface area (Å²) in [5.41, 5.74) is 0. The molecule has 0 aromatic rings. The molecule has 0 aliphatic heterocycles. The number of hydrogen-bond donors (Lipinski definition) is 2. The summed E-state index contributed by atoms with van der Waals surface area (Å²) in [7, 11) is 0. The second kappa shape index (κ2) is 8.36. The van der Waals surface area contributed by atoms with E-state index in [4.69, 9.17) is 27.7 Å². The highest BCUT2D eigenvalue weighted by molar-refractivity contribution is 8.47. The van der Waals surface area contributed by atoms with Gasteiger partial charge in [-0.05, 0) is 19.8 Å². The van der Waals surface area contributed by atoms with Crippen LogP contribution in [-0.4, -0.2) is 37.5 Å². The summed E-state index contributed by atoms with van der Waals surface area (Å²) in [4.78, 5) is 0. The smallest absolute Gasteiger partial charge is 0.106 e. The molecule has 0 fully saturated rings. The van der Waals surface area contributed by atoms with Gasteiger partial charge in [0, 0.05) is 12.4 Å². The van der Waals surface area contributed by atoms with Crippen LogP contribution in [0.1, 0.15) is 19.8 Å². The molecule has 0 heterocycles. The molecule has 0 spiro atoms. The van der Waals surface area contributed by atoms with Crippen molar-refractivity contribution in [2.24, 2.45) is 0 Å². The van der Waals surface area contributed by atoms with Crippen LogP contribution < -0.4 is 0 Å². The molecule has 0 aliphatic rings. The number of aliphatic hydroxyl groups is 2. The van der Waals surface area contributed by atoms with Gasteiger partial charge in [-0.1, -0.05) is 24.0 Å². The topological polar surface area (TPSA) is 64.2 Å². The standard InChI is InChI=1S/C9H15NO2S3/c1-9(7-10,3-2-4-11)15-8(13)14-6-5-12/h11-12H,2-6H2,1H3. The molecule has 0 aliphatic carbocycles. The van der Waals surface area contributed by atoms with Crippen molar-refractivity contribution in [3.8, 4) is 6.07 Å². The Labute approximate surface area is 104 Å². The monoisotopic (exact) mass is 265 g/mol. The van der Waals surface area contributed by atoms with Crippen LogP contribution >= 0.6 is 35.7 Å². The average molecular weight is 265 g/mol. The van der Waals surface area contributed by atoms with Gasteiger partial charge in [-0.15, -0.1) is 11.8 Å². The summed E-state index contributed by atoms with van der Waals surface area (Å²) in [5.74, 6) is 0.563. The number of rotatable bonds is 6. The Kier molecular flexibility index (Phi) is 8.47. The van der Waals surface area contributed by atoms with Gasteiger partial charge in [0.1, 0.15) is 8.28 Å². The van der Waals surface area contributed by atoms with Crippen LogP contribution in [0.5, 0.6) is 0 Å². The van der Waals surface area contributed by atoms with Gasteiger partial charge in [-0.25, -0.2) is 0 Å². The Balaban J connectivity index is 4.07. The van der Waals surface area contributed by atoms with Crippen LogP contribution in [-0.2, 0) is 0 Å². The molecule has 3 nitrogen and oxygen atoms in total. The number of aliphatic hydroxyl groups excluding tert-OH is 2. The fourth-order valence-electron chi connectivity index (χ4n) is 0.889. The molecule has 1 unspecified atom stereocenters. The molecule has 1 atom stereocenters. The van der Waals surface area contributed by atoms with Gasteiger partial charge in [-0.2, -0.15) is 5.26 Å². The molecule has 0 radical (unpaired) electrons. The number of nitrogens with zero attached hydrogens (tertiary/aromatic N) is 1. The first-order valence-electron chi connectivity index (χ1n) is 4.56. The summed E-state index contributed by atoms with van der Waals surface area (Å²) >= 11 is 7.81. The molecule has 0 bridgehead atoms. The highest BCUT2D eigenvalue weighted by atomic mass is 32.2. The molecule has 86 valence electrons. The van der Waals surface area contributed by atoms with Gasteiger partial charge in [-0.3, -0.25) is 0 Å². The number of hydrogen-bond acceptors (Lipinski definition) is 6. The van der Waals surface area contributed by atoms with E-state index < -0.39 is 4.75 Å². The lowest BCUT2D eigenvalue weighted by molar-refractivity contribution is 0.282. The van der Waals surface area contributed by atoms with Crippen molar-refractivity contribution in [1.29, 1.82) is 5.26 Å². The van der Waals surface area contributed by atoms with Gasteiger partial charge in [0.25, 0.3) is 0 Å². The van der Waals surface area contributed by atoms with E-state index in [-0.39, 0.29) is 13.2 Å². The first-order valence-corrected chi connectivity index (χ1v) is 6.78. The zero-order chi connectivity index (χ0) is 11.7. The molecule has 0 amide bonds. The number of nitriles is 1. The first kappa shape index (κ1) is 15.2. The predicted octanol–water partition coefficient (Wildman–Crippen LogP) is 1.78. The van der Waals surface area contributed by atoms with Crippen LogP contribution in [0.4, 0.5) is 0 Å². The minimum absolute atomic E-state index is 0.0886. The van der Waals surface area contributed by atoms with Crippen molar-refractivity contribution in [3.05, 3.63) is 0 Å². The Bertz CT molecular complexity index is 242. The largest absolute Gasteiger partial charge is 0.396 e. The van der Waals surface area contributed by atoms with E-state index in [9.17, 15) is 0 Å². The van der Waals surface area contributed by atoms with E-state index >= 15 is 0 Å². The third-order valence-corrected chi connectivity index (χ3v) is 4.41. The van der Waals surface area contributed by atoms with Crippen molar-refractivity contribution in [3.63, 3.8) is 0 Å². The molecule has 0 rings (SSSR count). The van der Waals surface area contributed by atoms with Crippen molar-refractivity contribution >= 4 is 39.3 Å². The molecule has 0 saturated carbocycles. The fourth-order valence-corrected chi connectivity index (χ4v) is 3.65. The molecule has 15 heavy (non-hydrogen) atoms. The highest BCUT2D eigenvalue weighted by Gasteiger charge is 2.26. The van der Waals surface area contributed by atoms with Crippen molar-refractivity contribution in [1.82, 2.24) is 0 Å². The van der Waals surface area contributed by atoms with Gasteiger partial charge in [0.05, 0.1) is 12.7 Å². The second-order valence-electron chi connectivity index (χ2n) is 3.09. The molecule has 0 aromatic heterocycles. The number of thiocarbonyl (C=S) groups is 1. The zero-order valence-electron chi connectivity index (χ0n) is 8.60. The first-order chi connectivity index (χ1) is 7.08. The van der Waals surface area contributed by atoms with Crippen LogP contribution in [0.15, 0.2) is 0 Å². The van der Waals surface area contributed by atoms with E-state index in [1.807, 2.05) is 6.92 Å². The van der Waals surface area contributed by atoms with Gasteiger partial charge < -0.3 is 10.2 Å². The lowest BCUT2D eigenvalue weighted by Crippen LogP contribution is -2.19. The third-order valence-electron chi connectivity index (χ3n) is 1.67. The van der Waals surface area contributed by atoms with E-state index in [2.05, 4.69) is 6.07 Å². The lowest BCUT2D eigenvalue weighted by Gasteiger charge is -2.20. The molecule has 0 aromatic carbocycles. The summed E-state index contributed by atoms with van der Waals surface area (Å²) in [5, 5.41) is 26.4. The van der Waals surface area contributed by atoms with E-state index in [0.29, 0.717) is 22.1 Å². The molecule has 2 N–H and O–H groups in total. The maximum Gasteiger partial charge on any atom is 0.106 e. The van der Waals surface area contributed by atoms with Crippen LogP contribution in [0, 0.1) is 11.3 Å². The second-order valence-corrected chi connectivity index (χ2v) is 6.90. The SMILES string of the molecule is CC(C#N)(CCCO)SC(=S)SCCO. The summed E-state index contributed by atoms with van der Waals surface area (Å²) in [6.45, 7) is 2.00. The molecular formula is C9H15NO2S3. The molecule has 0 saturated heterocycles. The number of thioether (sulfide) groups is 2. The van der Waals surface area contributed by atoms with Crippen molar-refractivity contribution in [2.75, 3.05) is 19.0 Å². The minimum Gasteiger partial charge on any atom is -0.396 e. The van der Waals surface area contributed by atoms with E-state index in [0.717, 1.165) is 0 Å². The minimum atomic E-state index is -0.567. The van der Waals surface area contributed by atoms with Gasteiger partial charge in [0.2, 0.25) is 0 Å². The van der Waals surface area contributed by atoms with Crippen LogP contribution in [0.3, 0.4) is 0 Å². The maximum absolute atomic E-state index is 9.02. The van der Waals surface area contributed by atoms with Crippen LogP contribution in [0.2, 0.25) is 0 Å². The van der Waals surface area contributed by atoms with E-state index in [1.165, 1.54) is 23.5 Å². The summed E-state index contributed by atoms with van der Waals surface area (Å²) in [6, 6.07) is 2.21. The average Bonchev–Trinajstić information content (AvgIpc) is 2.23. The summed E-state index contributed by atoms with van der Waals surface area (Å²) in [6.07, 6.45) is 1.22. The van der Waals surface area contributed by atoms with Gasteiger partial charge >= 0.3 is 0 Å². The molecular weight excluding hydrogens is 250 g/mol. The Hall–Kier alpha value is 0.200. The summed E-state index contributed by atoms with van der Waals surface area (Å²) < 4.78 is 0.105. The Morgan fingerprint density at radius 3 is 2.60 bits per heavy atom. The Morgan fingerprint density at radius 2 is 2.13 bits per heavy atom. The molecule has 6 heteroatoms. The van der Waals surface area contributed by atoms with E-state index in [1.54, 1.807) is 0 Å². The maximum atomic E-state index is 9.02. The normalized spacial score (nSPS) is 14.3. The van der Waals surface area contributed by atoms with Crippen LogP contribution in [0.25, 0.3) is 0 Å². The van der Waals surface area contributed by atoms with Crippen molar-refractivity contribution in [2.45, 2.75) is 24.5 Å². The lowest BCUT2D eigenvalue weighted by atomic mass is 10.1. The van der Waals surface area contributed by atoms with Gasteiger partial charge in [0.15, 0.2) is 0 Å².